The number of carbonyl (C=O) groups excluding carboxylic acids is 1. The van der Waals surface area contributed by atoms with Gasteiger partial charge >= 0.3 is 5.97 Å². The number of thioether (sulfide) groups is 1. The van der Waals surface area contributed by atoms with E-state index in [2.05, 4.69) is 5.32 Å². The molecule has 0 aromatic heterocycles. The summed E-state index contributed by atoms with van der Waals surface area (Å²) in [6.45, 7) is 2.89. The van der Waals surface area contributed by atoms with Crippen molar-refractivity contribution in [2.45, 2.75) is 13.3 Å². The number of hydrogen-bond donors (Lipinski definition) is 3. The van der Waals surface area contributed by atoms with Crippen molar-refractivity contribution >= 4 is 29.1 Å². The van der Waals surface area contributed by atoms with Gasteiger partial charge in [-0.15, -0.1) is 0 Å². The summed E-state index contributed by atoms with van der Waals surface area (Å²) >= 11 is 1.78. The molecule has 1 aromatic rings. The monoisotopic (exact) mass is 298 g/mol. The molecule has 0 fully saturated rings. The number of nitrogen functional groups attached to an aromatic ring is 1. The SMILES string of the molecule is COC(=O)c1cc(NCCSCCCO)cc(C)c1N. The van der Waals surface area contributed by atoms with Crippen LogP contribution in [0.1, 0.15) is 22.3 Å². The van der Waals surface area contributed by atoms with Crippen LogP contribution in [0.25, 0.3) is 0 Å². The zero-order chi connectivity index (χ0) is 15.0. The number of aryl methyl sites for hydroxylation is 1. The van der Waals surface area contributed by atoms with Gasteiger partial charge in [0.05, 0.1) is 12.7 Å². The predicted octanol–water partition coefficient (Wildman–Crippen LogP) is 1.89. The van der Waals surface area contributed by atoms with Crippen molar-refractivity contribution in [3.05, 3.63) is 23.3 Å². The van der Waals surface area contributed by atoms with Gasteiger partial charge in [-0.1, -0.05) is 0 Å². The molecular weight excluding hydrogens is 276 g/mol. The number of ether oxygens (including phenoxy) is 1. The number of carbonyl (C=O) groups is 1. The lowest BCUT2D eigenvalue weighted by atomic mass is 10.1. The minimum absolute atomic E-state index is 0.236. The predicted molar refractivity (Wildman–Crippen MR) is 84.4 cm³/mol. The molecule has 20 heavy (non-hydrogen) atoms. The van der Waals surface area contributed by atoms with Gasteiger partial charge in [0, 0.05) is 30.3 Å². The Hall–Kier alpha value is -1.40. The van der Waals surface area contributed by atoms with E-state index < -0.39 is 5.97 Å². The molecule has 0 radical (unpaired) electrons. The summed E-state index contributed by atoms with van der Waals surface area (Å²) in [4.78, 5) is 11.6. The van der Waals surface area contributed by atoms with Crippen LogP contribution in [-0.4, -0.2) is 42.8 Å². The number of aliphatic hydroxyl groups excluding tert-OH is 1. The number of nitrogens with one attached hydrogen (secondary N) is 1. The van der Waals surface area contributed by atoms with Crippen LogP contribution in [0.5, 0.6) is 0 Å². The molecule has 6 heteroatoms. The first-order valence-corrected chi connectivity index (χ1v) is 7.66. The molecule has 0 spiro atoms. The van der Waals surface area contributed by atoms with Gasteiger partial charge in [0.1, 0.15) is 0 Å². The Balaban J connectivity index is 2.58. The molecule has 0 unspecified atom stereocenters. The highest BCUT2D eigenvalue weighted by Gasteiger charge is 2.13. The molecular formula is C14H22N2O3S. The Morgan fingerprint density at radius 2 is 2.20 bits per heavy atom. The first kappa shape index (κ1) is 16.7. The van der Waals surface area contributed by atoms with E-state index in [4.69, 9.17) is 15.6 Å². The van der Waals surface area contributed by atoms with Crippen LogP contribution < -0.4 is 11.1 Å². The van der Waals surface area contributed by atoms with Gasteiger partial charge < -0.3 is 20.9 Å². The number of aliphatic hydroxyl groups is 1. The number of rotatable bonds is 8. The van der Waals surface area contributed by atoms with E-state index in [9.17, 15) is 4.79 Å². The zero-order valence-corrected chi connectivity index (χ0v) is 12.8. The van der Waals surface area contributed by atoms with Crippen molar-refractivity contribution in [1.29, 1.82) is 0 Å². The maximum absolute atomic E-state index is 11.6. The van der Waals surface area contributed by atoms with Gasteiger partial charge in [-0.25, -0.2) is 4.79 Å². The van der Waals surface area contributed by atoms with Gasteiger partial charge in [-0.05, 0) is 36.8 Å². The highest BCUT2D eigenvalue weighted by molar-refractivity contribution is 7.99. The van der Waals surface area contributed by atoms with E-state index >= 15 is 0 Å². The normalized spacial score (nSPS) is 10.3. The largest absolute Gasteiger partial charge is 0.465 e. The van der Waals surface area contributed by atoms with E-state index in [1.807, 2.05) is 13.0 Å². The second-order valence-electron chi connectivity index (χ2n) is 4.36. The Morgan fingerprint density at radius 3 is 2.85 bits per heavy atom. The summed E-state index contributed by atoms with van der Waals surface area (Å²) in [5, 5.41) is 11.9. The number of esters is 1. The summed E-state index contributed by atoms with van der Waals surface area (Å²) < 4.78 is 4.72. The lowest BCUT2D eigenvalue weighted by molar-refractivity contribution is 0.0602. The molecule has 1 aromatic carbocycles. The van der Waals surface area contributed by atoms with E-state index in [1.165, 1.54) is 7.11 Å². The van der Waals surface area contributed by atoms with Crippen molar-refractivity contribution in [2.24, 2.45) is 0 Å². The Kier molecular flexibility index (Phi) is 7.25. The Labute approximate surface area is 123 Å². The van der Waals surface area contributed by atoms with E-state index in [0.717, 1.165) is 35.7 Å². The standard InChI is InChI=1S/C14H22N2O3S/c1-10-8-11(16-4-7-20-6-3-5-17)9-12(13(10)15)14(18)19-2/h8-9,16-17H,3-7,15H2,1-2H3. The molecule has 0 saturated heterocycles. The molecule has 1 rings (SSSR count). The average molecular weight is 298 g/mol. The summed E-state index contributed by atoms with van der Waals surface area (Å²) in [6, 6.07) is 3.63. The minimum atomic E-state index is -0.424. The lowest BCUT2D eigenvalue weighted by Crippen LogP contribution is -2.10. The lowest BCUT2D eigenvalue weighted by Gasteiger charge is -2.12. The molecule has 112 valence electrons. The zero-order valence-electron chi connectivity index (χ0n) is 11.9. The smallest absolute Gasteiger partial charge is 0.340 e. The van der Waals surface area contributed by atoms with Crippen LogP contribution in [0.15, 0.2) is 12.1 Å². The molecule has 0 aliphatic rings. The van der Waals surface area contributed by atoms with Gasteiger partial charge in [0.25, 0.3) is 0 Å². The summed E-state index contributed by atoms with van der Waals surface area (Å²) in [5.41, 5.74) is 8.44. The van der Waals surface area contributed by atoms with E-state index in [1.54, 1.807) is 17.8 Å². The first-order chi connectivity index (χ1) is 9.60. The molecule has 0 bridgehead atoms. The summed E-state index contributed by atoms with van der Waals surface area (Å²) in [7, 11) is 1.34. The van der Waals surface area contributed by atoms with Crippen LogP contribution in [0.2, 0.25) is 0 Å². The topological polar surface area (TPSA) is 84.6 Å². The Bertz CT molecular complexity index is 452. The van der Waals surface area contributed by atoms with Gasteiger partial charge in [-0.3, -0.25) is 0 Å². The second-order valence-corrected chi connectivity index (χ2v) is 5.59. The highest BCUT2D eigenvalue weighted by Crippen LogP contribution is 2.23. The Morgan fingerprint density at radius 1 is 1.45 bits per heavy atom. The quantitative estimate of drug-likeness (QED) is 0.386. The third kappa shape index (κ3) is 4.94. The second kappa shape index (κ2) is 8.71. The molecule has 0 saturated carbocycles. The molecule has 5 nitrogen and oxygen atoms in total. The van der Waals surface area contributed by atoms with Gasteiger partial charge in [-0.2, -0.15) is 11.8 Å². The van der Waals surface area contributed by atoms with Crippen molar-refractivity contribution in [2.75, 3.05) is 42.8 Å². The molecule has 0 aliphatic carbocycles. The van der Waals surface area contributed by atoms with Crippen LogP contribution in [-0.2, 0) is 4.74 Å². The molecule has 0 amide bonds. The van der Waals surface area contributed by atoms with Crippen LogP contribution >= 0.6 is 11.8 Å². The molecule has 0 atom stereocenters. The van der Waals surface area contributed by atoms with Crippen molar-refractivity contribution in [1.82, 2.24) is 0 Å². The molecule has 0 heterocycles. The minimum Gasteiger partial charge on any atom is -0.465 e. The number of benzene rings is 1. The fraction of sp³-hybridized carbons (Fsp3) is 0.500. The van der Waals surface area contributed by atoms with E-state index in [0.29, 0.717) is 11.3 Å². The average Bonchev–Trinajstić information content (AvgIpc) is 2.45. The van der Waals surface area contributed by atoms with Crippen LogP contribution in [0.4, 0.5) is 11.4 Å². The number of nitrogens with two attached hydrogens (primary N) is 1. The molecule has 4 N–H and O–H groups in total. The van der Waals surface area contributed by atoms with Crippen molar-refractivity contribution in [3.63, 3.8) is 0 Å². The summed E-state index contributed by atoms with van der Waals surface area (Å²) in [5.74, 6) is 1.47. The third-order valence-electron chi connectivity index (χ3n) is 2.81. The van der Waals surface area contributed by atoms with Gasteiger partial charge in [0.2, 0.25) is 0 Å². The van der Waals surface area contributed by atoms with Crippen LogP contribution in [0, 0.1) is 6.92 Å². The maximum atomic E-state index is 11.6. The van der Waals surface area contributed by atoms with Crippen molar-refractivity contribution < 1.29 is 14.6 Å². The maximum Gasteiger partial charge on any atom is 0.340 e. The third-order valence-corrected chi connectivity index (χ3v) is 3.88. The van der Waals surface area contributed by atoms with E-state index in [-0.39, 0.29) is 6.61 Å². The fourth-order valence-corrected chi connectivity index (χ4v) is 2.50. The highest BCUT2D eigenvalue weighted by atomic mass is 32.2. The number of methoxy groups -OCH3 is 1. The first-order valence-electron chi connectivity index (χ1n) is 6.51. The summed E-state index contributed by atoms with van der Waals surface area (Å²) in [6.07, 6.45) is 0.818. The fourth-order valence-electron chi connectivity index (χ4n) is 1.72. The van der Waals surface area contributed by atoms with Gasteiger partial charge in [0.15, 0.2) is 0 Å². The number of hydrogen-bond acceptors (Lipinski definition) is 6. The molecule has 0 aliphatic heterocycles. The van der Waals surface area contributed by atoms with Crippen LogP contribution in [0.3, 0.4) is 0 Å². The number of anilines is 2. The van der Waals surface area contributed by atoms with Crippen molar-refractivity contribution in [3.8, 4) is 0 Å².